The van der Waals surface area contributed by atoms with Crippen LogP contribution in [0.25, 0.3) is 0 Å². The monoisotopic (exact) mass is 335 g/mol. The summed E-state index contributed by atoms with van der Waals surface area (Å²) in [6.45, 7) is 1.86. The topological polar surface area (TPSA) is 101 Å². The van der Waals surface area contributed by atoms with Gasteiger partial charge in [0.1, 0.15) is 5.76 Å². The van der Waals surface area contributed by atoms with Crippen molar-refractivity contribution in [3.8, 4) is 0 Å². The van der Waals surface area contributed by atoms with E-state index in [4.69, 9.17) is 4.42 Å². The minimum Gasteiger partial charge on any atom is -0.463 e. The molecule has 1 heterocycles. The fraction of sp³-hybridized carbons (Fsp3) is 0.200. The first-order valence-electron chi connectivity index (χ1n) is 6.89. The number of carbonyl (C=O) groups is 1. The first-order chi connectivity index (χ1) is 11.0. The Morgan fingerprint density at radius 1 is 1.26 bits per heavy atom. The van der Waals surface area contributed by atoms with Crippen LogP contribution in [0.5, 0.6) is 0 Å². The third-order valence-corrected chi connectivity index (χ3v) is 4.38. The summed E-state index contributed by atoms with van der Waals surface area (Å²) < 4.78 is 31.4. The molecule has 7 nitrogen and oxygen atoms in total. The predicted octanol–water partition coefficient (Wildman–Crippen LogP) is 1.41. The van der Waals surface area contributed by atoms with Crippen molar-refractivity contribution >= 4 is 22.1 Å². The van der Waals surface area contributed by atoms with Crippen molar-refractivity contribution in [2.45, 2.75) is 18.2 Å². The largest absolute Gasteiger partial charge is 0.463 e. The van der Waals surface area contributed by atoms with E-state index in [1.54, 1.807) is 24.3 Å². The molecule has 1 aromatic heterocycles. The molecule has 0 aliphatic rings. The highest BCUT2D eigenvalue weighted by Gasteiger charge is 2.13. The maximum absolute atomic E-state index is 12.0. The van der Waals surface area contributed by atoms with Crippen molar-refractivity contribution in [1.29, 1.82) is 0 Å². The zero-order chi connectivity index (χ0) is 16.7. The number of rotatable bonds is 7. The zero-order valence-electron chi connectivity index (χ0n) is 12.5. The fourth-order valence-electron chi connectivity index (χ4n) is 1.69. The minimum absolute atomic E-state index is 0.0156. The van der Waals surface area contributed by atoms with E-state index in [1.807, 2.05) is 6.92 Å². The number of amides is 1. The Balaban J connectivity index is 1.77. The molecular weight excluding hydrogens is 318 g/mol. The van der Waals surface area contributed by atoms with Crippen molar-refractivity contribution in [2.75, 3.05) is 6.54 Å². The van der Waals surface area contributed by atoms with Crippen molar-refractivity contribution in [3.63, 3.8) is 0 Å². The van der Waals surface area contributed by atoms with Gasteiger partial charge in [-0.15, -0.1) is 0 Å². The molecule has 1 aromatic carbocycles. The standard InChI is InChI=1S/C15H17N3O4S/c1-12-4-6-14(7-5-12)23(20,21)17-9-8-15(19)18-16-11-13-3-2-10-22-13/h2-7,10-11,17H,8-9H2,1H3,(H,18,19). The number of nitrogens with zero attached hydrogens (tertiary/aromatic N) is 1. The zero-order valence-corrected chi connectivity index (χ0v) is 13.3. The summed E-state index contributed by atoms with van der Waals surface area (Å²) in [6.07, 6.45) is 2.82. The molecule has 0 aliphatic carbocycles. The molecule has 0 bridgehead atoms. The molecule has 2 aromatic rings. The number of hydrazone groups is 1. The summed E-state index contributed by atoms with van der Waals surface area (Å²) >= 11 is 0. The molecule has 0 unspecified atom stereocenters. The lowest BCUT2D eigenvalue weighted by Crippen LogP contribution is -2.29. The van der Waals surface area contributed by atoms with Crippen LogP contribution in [0.2, 0.25) is 0 Å². The Bertz CT molecular complexity index is 766. The number of aryl methyl sites for hydroxylation is 1. The lowest BCUT2D eigenvalue weighted by atomic mass is 10.2. The van der Waals surface area contributed by atoms with Crippen LogP contribution in [-0.2, 0) is 14.8 Å². The first-order valence-corrected chi connectivity index (χ1v) is 8.37. The molecule has 1 amide bonds. The van der Waals surface area contributed by atoms with Crippen LogP contribution < -0.4 is 10.1 Å². The van der Waals surface area contributed by atoms with Gasteiger partial charge in [0.15, 0.2) is 0 Å². The van der Waals surface area contributed by atoms with Gasteiger partial charge in [0.05, 0.1) is 17.4 Å². The number of hydrogen-bond donors (Lipinski definition) is 2. The molecule has 0 atom stereocenters. The molecule has 0 saturated heterocycles. The molecule has 2 N–H and O–H groups in total. The van der Waals surface area contributed by atoms with E-state index in [2.05, 4.69) is 15.2 Å². The normalized spacial score (nSPS) is 11.7. The number of sulfonamides is 1. The third kappa shape index (κ3) is 5.35. The average Bonchev–Trinajstić information content (AvgIpc) is 3.01. The Kier molecular flexibility index (Phi) is 5.67. The number of benzene rings is 1. The van der Waals surface area contributed by atoms with Crippen LogP contribution in [0, 0.1) is 6.92 Å². The van der Waals surface area contributed by atoms with E-state index >= 15 is 0 Å². The highest BCUT2D eigenvalue weighted by atomic mass is 32.2. The van der Waals surface area contributed by atoms with Gasteiger partial charge in [-0.3, -0.25) is 4.79 Å². The molecule has 0 fully saturated rings. The van der Waals surface area contributed by atoms with E-state index in [1.165, 1.54) is 24.6 Å². The lowest BCUT2D eigenvalue weighted by molar-refractivity contribution is -0.120. The summed E-state index contributed by atoms with van der Waals surface area (Å²) in [4.78, 5) is 11.7. The molecule has 23 heavy (non-hydrogen) atoms. The van der Waals surface area contributed by atoms with Gasteiger partial charge >= 0.3 is 0 Å². The van der Waals surface area contributed by atoms with E-state index < -0.39 is 15.9 Å². The molecule has 0 spiro atoms. The quantitative estimate of drug-likeness (QED) is 0.590. The molecular formula is C15H17N3O4S. The number of hydrogen-bond acceptors (Lipinski definition) is 5. The second-order valence-electron chi connectivity index (χ2n) is 4.77. The van der Waals surface area contributed by atoms with E-state index in [0.29, 0.717) is 5.76 Å². The molecule has 0 saturated carbocycles. The highest BCUT2D eigenvalue weighted by Crippen LogP contribution is 2.09. The SMILES string of the molecule is Cc1ccc(S(=O)(=O)NCCC(=O)NN=Cc2ccco2)cc1. The van der Waals surface area contributed by atoms with Crippen molar-refractivity contribution < 1.29 is 17.6 Å². The Morgan fingerprint density at radius 3 is 2.65 bits per heavy atom. The van der Waals surface area contributed by atoms with Gasteiger partial charge in [0.2, 0.25) is 15.9 Å². The van der Waals surface area contributed by atoms with E-state index in [9.17, 15) is 13.2 Å². The third-order valence-electron chi connectivity index (χ3n) is 2.90. The smallest absolute Gasteiger partial charge is 0.241 e. The summed E-state index contributed by atoms with van der Waals surface area (Å²) in [5.41, 5.74) is 3.26. The van der Waals surface area contributed by atoms with E-state index in [0.717, 1.165) is 5.56 Å². The van der Waals surface area contributed by atoms with Gasteiger partial charge in [-0.1, -0.05) is 17.7 Å². The first kappa shape index (κ1) is 16.9. The molecule has 0 aliphatic heterocycles. The number of nitrogens with one attached hydrogen (secondary N) is 2. The lowest BCUT2D eigenvalue weighted by Gasteiger charge is -2.06. The number of carbonyl (C=O) groups excluding carboxylic acids is 1. The molecule has 0 radical (unpaired) electrons. The maximum atomic E-state index is 12.0. The second kappa shape index (κ2) is 7.70. The second-order valence-corrected chi connectivity index (χ2v) is 6.54. The van der Waals surface area contributed by atoms with Gasteiger partial charge in [-0.05, 0) is 31.2 Å². The predicted molar refractivity (Wildman–Crippen MR) is 85.4 cm³/mol. The molecule has 2 rings (SSSR count). The van der Waals surface area contributed by atoms with Crippen molar-refractivity contribution in [1.82, 2.24) is 10.1 Å². The van der Waals surface area contributed by atoms with Crippen LogP contribution in [0.15, 0.2) is 57.1 Å². The van der Waals surface area contributed by atoms with Gasteiger partial charge < -0.3 is 4.42 Å². The van der Waals surface area contributed by atoms with Crippen LogP contribution in [0.4, 0.5) is 0 Å². The Morgan fingerprint density at radius 2 is 2.00 bits per heavy atom. The Labute approximate surface area is 134 Å². The van der Waals surface area contributed by atoms with Crippen LogP contribution in [0.1, 0.15) is 17.7 Å². The summed E-state index contributed by atoms with van der Waals surface area (Å²) in [7, 11) is -3.61. The van der Waals surface area contributed by atoms with Gasteiger partial charge in [0, 0.05) is 13.0 Å². The minimum atomic E-state index is -3.61. The summed E-state index contributed by atoms with van der Waals surface area (Å²) in [5, 5.41) is 3.70. The maximum Gasteiger partial charge on any atom is 0.241 e. The van der Waals surface area contributed by atoms with Gasteiger partial charge in [-0.25, -0.2) is 18.6 Å². The fourth-order valence-corrected chi connectivity index (χ4v) is 2.72. The molecule has 8 heteroatoms. The van der Waals surface area contributed by atoms with Crippen LogP contribution >= 0.6 is 0 Å². The van der Waals surface area contributed by atoms with Crippen LogP contribution in [-0.4, -0.2) is 27.1 Å². The van der Waals surface area contributed by atoms with Crippen LogP contribution in [0.3, 0.4) is 0 Å². The van der Waals surface area contributed by atoms with Crippen molar-refractivity contribution in [3.05, 3.63) is 54.0 Å². The molecule has 122 valence electrons. The summed E-state index contributed by atoms with van der Waals surface area (Å²) in [6, 6.07) is 9.85. The Hall–Kier alpha value is -2.45. The highest BCUT2D eigenvalue weighted by molar-refractivity contribution is 7.89. The van der Waals surface area contributed by atoms with Gasteiger partial charge in [-0.2, -0.15) is 5.10 Å². The number of furan rings is 1. The van der Waals surface area contributed by atoms with E-state index in [-0.39, 0.29) is 17.9 Å². The van der Waals surface area contributed by atoms with Gasteiger partial charge in [0.25, 0.3) is 0 Å². The average molecular weight is 335 g/mol. The summed E-state index contributed by atoms with van der Waals surface area (Å²) in [5.74, 6) is 0.102. The van der Waals surface area contributed by atoms with Crippen molar-refractivity contribution in [2.24, 2.45) is 5.10 Å².